The van der Waals surface area contributed by atoms with E-state index in [1.807, 2.05) is 20.8 Å². The maximum Gasteiger partial charge on any atom is 0.301 e. The zero-order valence-corrected chi connectivity index (χ0v) is 20.1. The lowest BCUT2D eigenvalue weighted by molar-refractivity contribution is -0.384. The number of carbonyl (C=O) groups is 2. The van der Waals surface area contributed by atoms with E-state index < -0.39 is 28.1 Å². The Balaban J connectivity index is 1.91. The molecule has 0 radical (unpaired) electrons. The van der Waals surface area contributed by atoms with Crippen LogP contribution in [0.4, 0.5) is 11.5 Å². The van der Waals surface area contributed by atoms with Gasteiger partial charge in [-0.3, -0.25) is 24.6 Å². The number of carbonyl (C=O) groups excluding carboxylic acids is 2. The van der Waals surface area contributed by atoms with Gasteiger partial charge in [-0.25, -0.2) is 0 Å². The molecular formula is C24H20BrN3O6. The molecule has 1 fully saturated rings. The van der Waals surface area contributed by atoms with Gasteiger partial charge in [0.15, 0.2) is 5.82 Å². The summed E-state index contributed by atoms with van der Waals surface area (Å²) in [6.07, 6.45) is 0. The molecule has 0 bridgehead atoms. The predicted octanol–water partition coefficient (Wildman–Crippen LogP) is 5.27. The van der Waals surface area contributed by atoms with E-state index in [2.05, 4.69) is 21.1 Å². The van der Waals surface area contributed by atoms with E-state index in [1.165, 1.54) is 24.3 Å². The van der Waals surface area contributed by atoms with Crippen LogP contribution in [0.5, 0.6) is 0 Å². The van der Waals surface area contributed by atoms with Gasteiger partial charge in [-0.15, -0.1) is 0 Å². The van der Waals surface area contributed by atoms with Gasteiger partial charge in [0.1, 0.15) is 11.5 Å². The van der Waals surface area contributed by atoms with Crippen LogP contribution in [0.2, 0.25) is 0 Å². The van der Waals surface area contributed by atoms with E-state index >= 15 is 0 Å². The highest BCUT2D eigenvalue weighted by atomic mass is 79.9. The Hall–Kier alpha value is -3.79. The normalized spacial score (nSPS) is 17.9. The topological polar surface area (TPSA) is 127 Å². The first-order chi connectivity index (χ1) is 16.0. The highest BCUT2D eigenvalue weighted by Crippen LogP contribution is 2.43. The van der Waals surface area contributed by atoms with Crippen molar-refractivity contribution in [2.45, 2.75) is 32.2 Å². The molecule has 34 heavy (non-hydrogen) atoms. The summed E-state index contributed by atoms with van der Waals surface area (Å²) in [6, 6.07) is 12.5. The summed E-state index contributed by atoms with van der Waals surface area (Å²) in [7, 11) is 0. The monoisotopic (exact) mass is 525 g/mol. The van der Waals surface area contributed by atoms with Gasteiger partial charge in [-0.1, -0.05) is 54.0 Å². The number of nitrogens with zero attached hydrogens (tertiary/aromatic N) is 3. The Morgan fingerprint density at radius 3 is 2.26 bits per heavy atom. The second kappa shape index (κ2) is 8.53. The van der Waals surface area contributed by atoms with Crippen LogP contribution in [-0.4, -0.2) is 26.9 Å². The molecule has 1 aliphatic heterocycles. The number of nitro benzene ring substituents is 1. The minimum atomic E-state index is -1.07. The predicted molar refractivity (Wildman–Crippen MR) is 127 cm³/mol. The number of hydrogen-bond acceptors (Lipinski definition) is 7. The second-order valence-electron chi connectivity index (χ2n) is 8.82. The third-order valence-corrected chi connectivity index (χ3v) is 5.99. The van der Waals surface area contributed by atoms with Crippen molar-refractivity contribution in [1.29, 1.82) is 0 Å². The number of aliphatic hydroxyl groups is 1. The minimum Gasteiger partial charge on any atom is -0.507 e. The molecule has 1 amide bonds. The second-order valence-corrected chi connectivity index (χ2v) is 9.74. The molecule has 1 aliphatic rings. The van der Waals surface area contributed by atoms with Crippen molar-refractivity contribution in [1.82, 2.24) is 5.16 Å². The molecule has 1 aromatic heterocycles. The highest BCUT2D eigenvalue weighted by Gasteiger charge is 2.48. The highest BCUT2D eigenvalue weighted by molar-refractivity contribution is 9.10. The lowest BCUT2D eigenvalue weighted by Gasteiger charge is -2.22. The van der Waals surface area contributed by atoms with Gasteiger partial charge in [-0.05, 0) is 29.8 Å². The molecule has 1 atom stereocenters. The molecule has 9 nitrogen and oxygen atoms in total. The zero-order valence-electron chi connectivity index (χ0n) is 18.5. The SMILES string of the molecule is CC(C)(C)c1cc(N2C(=O)C(=O)/C(=C(/O)c3ccc(Br)cc3)C2c2ccc([N+](=O)[O-])cc2)no1. The number of hydrogen-bond donors (Lipinski definition) is 1. The third kappa shape index (κ3) is 4.12. The van der Waals surface area contributed by atoms with E-state index in [4.69, 9.17) is 4.52 Å². The molecule has 3 aromatic rings. The van der Waals surface area contributed by atoms with Gasteiger partial charge in [0.05, 0.1) is 16.5 Å². The number of benzene rings is 2. The fraction of sp³-hybridized carbons (Fsp3) is 0.208. The smallest absolute Gasteiger partial charge is 0.301 e. The number of ketones is 1. The lowest BCUT2D eigenvalue weighted by Crippen LogP contribution is -2.29. The lowest BCUT2D eigenvalue weighted by atomic mass is 9.93. The molecule has 0 saturated carbocycles. The van der Waals surface area contributed by atoms with Crippen molar-refractivity contribution in [3.8, 4) is 0 Å². The van der Waals surface area contributed by atoms with Crippen LogP contribution in [-0.2, 0) is 15.0 Å². The van der Waals surface area contributed by atoms with Crippen LogP contribution in [0.15, 0.2) is 69.2 Å². The van der Waals surface area contributed by atoms with E-state index in [1.54, 1.807) is 30.3 Å². The Kier molecular flexibility index (Phi) is 5.86. The molecule has 2 heterocycles. The third-order valence-electron chi connectivity index (χ3n) is 5.47. The first-order valence-electron chi connectivity index (χ1n) is 10.3. The molecule has 1 unspecified atom stereocenters. The van der Waals surface area contributed by atoms with Crippen LogP contribution in [0.1, 0.15) is 43.7 Å². The van der Waals surface area contributed by atoms with Crippen molar-refractivity contribution in [2.75, 3.05) is 4.90 Å². The van der Waals surface area contributed by atoms with Crippen LogP contribution >= 0.6 is 15.9 Å². The largest absolute Gasteiger partial charge is 0.507 e. The molecular weight excluding hydrogens is 506 g/mol. The Morgan fingerprint density at radius 1 is 1.12 bits per heavy atom. The number of Topliss-reactive ketones (excluding diaryl/α,β-unsaturated/α-hetero) is 1. The van der Waals surface area contributed by atoms with Gasteiger partial charge in [-0.2, -0.15) is 0 Å². The summed E-state index contributed by atoms with van der Waals surface area (Å²) in [6.45, 7) is 5.73. The molecule has 0 aliphatic carbocycles. The van der Waals surface area contributed by atoms with Gasteiger partial charge in [0.25, 0.3) is 11.5 Å². The summed E-state index contributed by atoms with van der Waals surface area (Å²) < 4.78 is 6.20. The summed E-state index contributed by atoms with van der Waals surface area (Å²) >= 11 is 3.32. The van der Waals surface area contributed by atoms with Crippen molar-refractivity contribution >= 4 is 44.9 Å². The Labute approximate surface area is 202 Å². The molecule has 2 aromatic carbocycles. The maximum atomic E-state index is 13.2. The molecule has 0 spiro atoms. The van der Waals surface area contributed by atoms with E-state index in [9.17, 15) is 24.8 Å². The van der Waals surface area contributed by atoms with Crippen molar-refractivity contribution in [2.24, 2.45) is 0 Å². The number of non-ortho nitro benzene ring substituents is 1. The molecule has 10 heteroatoms. The Bertz CT molecular complexity index is 1320. The van der Waals surface area contributed by atoms with E-state index in [0.29, 0.717) is 16.9 Å². The first kappa shape index (κ1) is 23.4. The summed E-state index contributed by atoms with van der Waals surface area (Å²) in [5, 5.41) is 26.2. The maximum absolute atomic E-state index is 13.2. The number of aromatic nitrogens is 1. The van der Waals surface area contributed by atoms with E-state index in [0.717, 1.165) is 9.37 Å². The van der Waals surface area contributed by atoms with Gasteiger partial charge in [0.2, 0.25) is 0 Å². The molecule has 1 saturated heterocycles. The number of anilines is 1. The average molecular weight is 526 g/mol. The number of amides is 1. The fourth-order valence-corrected chi connectivity index (χ4v) is 3.92. The average Bonchev–Trinajstić information content (AvgIpc) is 3.37. The van der Waals surface area contributed by atoms with Crippen molar-refractivity contribution in [3.63, 3.8) is 0 Å². The number of nitro groups is 1. The standard InChI is InChI=1S/C24H20BrN3O6/c1-24(2,3)17-12-18(26-34-17)27-20(13-6-10-16(11-7-13)28(32)33)19(22(30)23(27)31)21(29)14-4-8-15(25)9-5-14/h4-12,20,29H,1-3H3/b21-19+. The summed E-state index contributed by atoms with van der Waals surface area (Å²) in [5.41, 5.74) is 0.0259. The fourth-order valence-electron chi connectivity index (χ4n) is 3.66. The van der Waals surface area contributed by atoms with Gasteiger partial charge in [0, 0.05) is 33.7 Å². The van der Waals surface area contributed by atoms with Crippen molar-refractivity contribution < 1.29 is 24.1 Å². The molecule has 4 rings (SSSR count). The van der Waals surface area contributed by atoms with Crippen LogP contribution < -0.4 is 4.90 Å². The van der Waals surface area contributed by atoms with Gasteiger partial charge < -0.3 is 9.63 Å². The van der Waals surface area contributed by atoms with Crippen LogP contribution in [0.25, 0.3) is 5.76 Å². The summed E-state index contributed by atoms with van der Waals surface area (Å²) in [5.74, 6) is -1.55. The van der Waals surface area contributed by atoms with Crippen LogP contribution in [0, 0.1) is 10.1 Å². The Morgan fingerprint density at radius 2 is 1.74 bits per heavy atom. The zero-order chi connectivity index (χ0) is 24.8. The quantitative estimate of drug-likeness (QED) is 0.161. The van der Waals surface area contributed by atoms with Crippen LogP contribution in [0.3, 0.4) is 0 Å². The number of halogens is 1. The molecule has 1 N–H and O–H groups in total. The number of aliphatic hydroxyl groups excluding tert-OH is 1. The minimum absolute atomic E-state index is 0.102. The first-order valence-corrected chi connectivity index (χ1v) is 11.1. The molecule has 174 valence electrons. The summed E-state index contributed by atoms with van der Waals surface area (Å²) in [4.78, 5) is 38.0. The van der Waals surface area contributed by atoms with Gasteiger partial charge >= 0.3 is 5.91 Å². The van der Waals surface area contributed by atoms with E-state index in [-0.39, 0.29) is 22.8 Å². The number of rotatable bonds is 4. The van der Waals surface area contributed by atoms with Crippen molar-refractivity contribution in [3.05, 3.63) is 91.6 Å².